The molecule has 16 heteroatoms. The lowest BCUT2D eigenvalue weighted by Crippen LogP contribution is -2.53. The third kappa shape index (κ3) is 8.35. The van der Waals surface area contributed by atoms with Crippen molar-refractivity contribution in [1.82, 2.24) is 40.4 Å². The Hall–Kier alpha value is -6.16. The van der Waals surface area contributed by atoms with Gasteiger partial charge in [-0.2, -0.15) is 0 Å². The highest BCUT2D eigenvalue weighted by Crippen LogP contribution is 2.44. The van der Waals surface area contributed by atoms with E-state index in [0.717, 1.165) is 74.8 Å². The Bertz CT molecular complexity index is 2550. The molecule has 0 saturated carbocycles. The van der Waals surface area contributed by atoms with Gasteiger partial charge in [0.25, 0.3) is 0 Å². The predicted molar refractivity (Wildman–Crippen MR) is 241 cm³/mol. The summed E-state index contributed by atoms with van der Waals surface area (Å²) in [5.74, 6) is 1.75. The van der Waals surface area contributed by atoms with E-state index in [2.05, 4.69) is 57.0 Å². The summed E-state index contributed by atoms with van der Waals surface area (Å²) < 4.78 is 21.7. The lowest BCUT2D eigenvalue weighted by Gasteiger charge is -2.33. The minimum absolute atomic E-state index is 0.0201. The van der Waals surface area contributed by atoms with E-state index in [9.17, 15) is 19.2 Å². The number of rotatable bonds is 13. The normalized spacial score (nSPS) is 21.1. The van der Waals surface area contributed by atoms with E-state index in [0.29, 0.717) is 44.2 Å². The maximum Gasteiger partial charge on any atom is 0.407 e. The van der Waals surface area contributed by atoms with E-state index in [1.54, 1.807) is 7.11 Å². The molecule has 3 aliphatic heterocycles. The van der Waals surface area contributed by atoms with Gasteiger partial charge >= 0.3 is 12.2 Å². The summed E-state index contributed by atoms with van der Waals surface area (Å²) in [6.07, 6.45) is 4.20. The molecule has 340 valence electrons. The van der Waals surface area contributed by atoms with Crippen LogP contribution in [0.5, 0.6) is 5.75 Å². The average Bonchev–Trinajstić information content (AvgIpc) is 4.14. The zero-order chi connectivity index (χ0) is 45.4. The molecule has 3 aromatic carbocycles. The van der Waals surface area contributed by atoms with Gasteiger partial charge in [0.05, 0.1) is 55.8 Å². The standard InChI is InChI=1S/C48H60N8O8/c1-9-25(3)40(53-47(59)62-7)45(57)55-22-28(23-61-6)17-38(55)44-50-35-15-13-29-19-34-32-14-12-30(18-31(32)24-64-39(34)20-33(29)42(35)52-44)36-21-49-43(51-36)37-16-11-27(5)56(37)46(58)41(26(4)10-2)54-48(60)63-8/h12-15,18-21,25-28,37-38,40-41H,9-11,16-17,22-24H2,1-8H3,(H,49,51)(H,50,52)(H,53,59)(H,54,60)/t25-,26-,27+,28+,37+,38+,40+,41+/m1/s1. The number of aromatic amines is 2. The number of methoxy groups -OCH3 is 3. The van der Waals surface area contributed by atoms with E-state index < -0.39 is 24.3 Å². The van der Waals surface area contributed by atoms with E-state index in [-0.39, 0.29) is 47.7 Å². The monoisotopic (exact) mass is 876 g/mol. The number of carbonyl (C=O) groups excluding carboxylic acids is 4. The fraction of sp³-hybridized carbons (Fsp3) is 0.500. The number of ether oxygens (including phenoxy) is 4. The molecule has 4 amide bonds. The summed E-state index contributed by atoms with van der Waals surface area (Å²) in [4.78, 5) is 73.5. The molecule has 0 bridgehead atoms. The Kier molecular flexibility index (Phi) is 12.9. The molecule has 4 N–H and O–H groups in total. The largest absolute Gasteiger partial charge is 0.488 e. The van der Waals surface area contributed by atoms with Crippen LogP contribution in [0.25, 0.3) is 44.2 Å². The predicted octanol–water partition coefficient (Wildman–Crippen LogP) is 7.80. The molecule has 0 aliphatic carbocycles. The number of imidazole rings is 2. The molecule has 0 unspecified atom stereocenters. The highest BCUT2D eigenvalue weighted by molar-refractivity contribution is 6.07. The van der Waals surface area contributed by atoms with Gasteiger partial charge in [0, 0.05) is 36.6 Å². The van der Waals surface area contributed by atoms with Gasteiger partial charge < -0.3 is 49.3 Å². The second-order valence-electron chi connectivity index (χ2n) is 17.7. The van der Waals surface area contributed by atoms with Crippen LogP contribution in [0.2, 0.25) is 0 Å². The van der Waals surface area contributed by atoms with Gasteiger partial charge in [-0.05, 0) is 84.4 Å². The number of carbonyl (C=O) groups is 4. The van der Waals surface area contributed by atoms with Crippen molar-refractivity contribution in [1.29, 1.82) is 0 Å². The summed E-state index contributed by atoms with van der Waals surface area (Å²) in [7, 11) is 4.26. The number of likely N-dealkylation sites (tertiary alicyclic amines) is 2. The van der Waals surface area contributed by atoms with Gasteiger partial charge in [-0.15, -0.1) is 0 Å². The van der Waals surface area contributed by atoms with Crippen molar-refractivity contribution >= 4 is 45.8 Å². The maximum atomic E-state index is 14.2. The smallest absolute Gasteiger partial charge is 0.407 e. The number of hydrogen-bond donors (Lipinski definition) is 4. The molecule has 8 rings (SSSR count). The fourth-order valence-electron chi connectivity index (χ4n) is 9.77. The third-order valence-corrected chi connectivity index (χ3v) is 13.8. The molecular formula is C48H60N8O8. The van der Waals surface area contributed by atoms with Gasteiger partial charge in [-0.25, -0.2) is 19.6 Å². The van der Waals surface area contributed by atoms with Crippen LogP contribution in [0.15, 0.2) is 48.7 Å². The summed E-state index contributed by atoms with van der Waals surface area (Å²) in [6, 6.07) is 12.5. The molecule has 0 radical (unpaired) electrons. The second kappa shape index (κ2) is 18.5. The Morgan fingerprint density at radius 3 is 2.27 bits per heavy atom. The zero-order valence-corrected chi connectivity index (χ0v) is 37.9. The lowest BCUT2D eigenvalue weighted by atomic mass is 9.92. The van der Waals surface area contributed by atoms with Crippen LogP contribution in [0.1, 0.15) is 96.0 Å². The van der Waals surface area contributed by atoms with Gasteiger partial charge in [0.1, 0.15) is 36.1 Å². The Balaban J connectivity index is 1.05. The second-order valence-corrected chi connectivity index (χ2v) is 17.7. The summed E-state index contributed by atoms with van der Waals surface area (Å²) in [5, 5.41) is 7.53. The van der Waals surface area contributed by atoms with Crippen molar-refractivity contribution in [2.45, 2.75) is 104 Å². The van der Waals surface area contributed by atoms with E-state index >= 15 is 0 Å². The van der Waals surface area contributed by atoms with Crippen LogP contribution >= 0.6 is 0 Å². The molecule has 2 fully saturated rings. The molecule has 2 saturated heterocycles. The minimum atomic E-state index is -0.748. The van der Waals surface area contributed by atoms with Gasteiger partial charge in [-0.1, -0.05) is 58.7 Å². The molecule has 5 aromatic rings. The van der Waals surface area contributed by atoms with Gasteiger partial charge in [0.15, 0.2) is 0 Å². The molecular weight excluding hydrogens is 817 g/mol. The van der Waals surface area contributed by atoms with E-state index in [1.807, 2.05) is 56.7 Å². The van der Waals surface area contributed by atoms with Crippen LogP contribution in [0, 0.1) is 17.8 Å². The van der Waals surface area contributed by atoms with Crippen molar-refractivity contribution in [2.75, 3.05) is 34.5 Å². The number of alkyl carbamates (subject to hydrolysis) is 2. The third-order valence-electron chi connectivity index (χ3n) is 13.8. The number of H-pyrrole nitrogens is 2. The van der Waals surface area contributed by atoms with Crippen molar-refractivity contribution < 1.29 is 38.1 Å². The van der Waals surface area contributed by atoms with Gasteiger partial charge in [-0.3, -0.25) is 9.59 Å². The van der Waals surface area contributed by atoms with Crippen LogP contribution in [0.4, 0.5) is 9.59 Å². The lowest BCUT2D eigenvalue weighted by molar-refractivity contribution is -0.137. The number of amides is 4. The molecule has 5 heterocycles. The first-order valence-electron chi connectivity index (χ1n) is 22.5. The molecule has 64 heavy (non-hydrogen) atoms. The van der Waals surface area contributed by atoms with Crippen molar-refractivity contribution in [2.24, 2.45) is 17.8 Å². The van der Waals surface area contributed by atoms with Gasteiger partial charge in [0.2, 0.25) is 11.8 Å². The average molecular weight is 877 g/mol. The van der Waals surface area contributed by atoms with Crippen molar-refractivity contribution in [3.8, 4) is 28.1 Å². The number of aromatic nitrogens is 4. The number of nitrogens with zero attached hydrogens (tertiary/aromatic N) is 4. The molecule has 3 aliphatic rings. The Morgan fingerprint density at radius 1 is 0.859 bits per heavy atom. The molecule has 16 nitrogen and oxygen atoms in total. The highest BCUT2D eigenvalue weighted by Gasteiger charge is 2.43. The van der Waals surface area contributed by atoms with Crippen LogP contribution in [0.3, 0.4) is 0 Å². The minimum Gasteiger partial charge on any atom is -0.488 e. The quantitative estimate of drug-likeness (QED) is 0.0908. The first-order valence-corrected chi connectivity index (χ1v) is 22.5. The zero-order valence-electron chi connectivity index (χ0n) is 37.9. The van der Waals surface area contributed by atoms with E-state index in [4.69, 9.17) is 28.9 Å². The van der Waals surface area contributed by atoms with Crippen molar-refractivity contribution in [3.05, 3.63) is 65.9 Å². The summed E-state index contributed by atoms with van der Waals surface area (Å²) >= 11 is 0. The number of hydrogen-bond acceptors (Lipinski definition) is 10. The van der Waals surface area contributed by atoms with Crippen LogP contribution in [-0.2, 0) is 30.4 Å². The first-order chi connectivity index (χ1) is 30.9. The van der Waals surface area contributed by atoms with E-state index in [1.165, 1.54) is 14.2 Å². The molecule has 2 aromatic heterocycles. The summed E-state index contributed by atoms with van der Waals surface area (Å²) in [5.41, 5.74) is 6.53. The fourth-order valence-corrected chi connectivity index (χ4v) is 9.77. The maximum absolute atomic E-state index is 14.2. The summed E-state index contributed by atoms with van der Waals surface area (Å²) in [6.45, 7) is 11.3. The van der Waals surface area contributed by atoms with Crippen molar-refractivity contribution in [3.63, 3.8) is 0 Å². The number of nitrogens with one attached hydrogen (secondary N) is 4. The number of benzene rings is 3. The Labute approximate surface area is 373 Å². The highest BCUT2D eigenvalue weighted by atomic mass is 16.5. The first kappa shape index (κ1) is 44.4. The van der Waals surface area contributed by atoms with Crippen LogP contribution in [-0.4, -0.2) is 106 Å². The Morgan fingerprint density at radius 2 is 1.58 bits per heavy atom. The number of fused-ring (bicyclic) bond motifs is 6. The molecule has 0 spiro atoms. The SMILES string of the molecule is CC[C@@H](C)[C@H](NC(=O)OC)C(=O)N1C[C@@H](COC)C[C@H]1c1nc2ccc3cc4c(cc3c2[nH]1)OCc1cc(-c2cnc([C@@H]3CC[C@H](C)N3C(=O)[C@@H](NC(=O)OC)[C@H](C)CC)[nH]2)ccc1-4. The van der Waals surface area contributed by atoms with Crippen LogP contribution < -0.4 is 15.4 Å². The molecule has 8 atom stereocenters. The topological polar surface area (TPSA) is 193 Å².